The van der Waals surface area contributed by atoms with Crippen molar-refractivity contribution in [1.82, 2.24) is 10.3 Å². The van der Waals surface area contributed by atoms with Gasteiger partial charge in [0.05, 0.1) is 23.9 Å². The maximum atomic E-state index is 12.1. The molecule has 0 saturated heterocycles. The average Bonchev–Trinajstić information content (AvgIpc) is 3.22. The molecule has 3 rings (SSSR count). The fourth-order valence-corrected chi connectivity index (χ4v) is 3.45. The molecule has 0 unspecified atom stereocenters. The summed E-state index contributed by atoms with van der Waals surface area (Å²) in [7, 11) is 0. The molecule has 0 bridgehead atoms. The summed E-state index contributed by atoms with van der Waals surface area (Å²) in [5, 5.41) is 8.04. The number of carbonyl (C=O) groups is 2. The van der Waals surface area contributed by atoms with Gasteiger partial charge in [-0.3, -0.25) is 14.9 Å². The van der Waals surface area contributed by atoms with Gasteiger partial charge in [0.1, 0.15) is 5.76 Å². The predicted molar refractivity (Wildman–Crippen MR) is 87.6 cm³/mol. The van der Waals surface area contributed by atoms with Crippen LogP contribution < -0.4 is 10.6 Å². The maximum absolute atomic E-state index is 12.1. The third-order valence-corrected chi connectivity index (χ3v) is 4.74. The normalized spacial score (nSPS) is 14.8. The monoisotopic (exact) mass is 333 g/mol. The molecule has 2 amide bonds. The molecule has 122 valence electrons. The lowest BCUT2D eigenvalue weighted by molar-refractivity contribution is -0.121. The Hall–Kier alpha value is -2.15. The van der Waals surface area contributed by atoms with Crippen molar-refractivity contribution in [2.45, 2.75) is 45.1 Å². The second kappa shape index (κ2) is 6.95. The fourth-order valence-electron chi connectivity index (χ4n) is 2.74. The van der Waals surface area contributed by atoms with E-state index in [4.69, 9.17) is 4.42 Å². The lowest BCUT2D eigenvalue weighted by atomic mass is 10.2. The molecule has 2 heterocycles. The smallest absolute Gasteiger partial charge is 0.260 e. The molecule has 0 atom stereocenters. The molecule has 0 aromatic carbocycles. The van der Waals surface area contributed by atoms with Gasteiger partial charge >= 0.3 is 0 Å². The summed E-state index contributed by atoms with van der Waals surface area (Å²) < 4.78 is 5.11. The minimum absolute atomic E-state index is 0.00856. The molecule has 0 spiro atoms. The standard InChI is InChI=1S/C16H19N3O3S/c1-10-13(6-7-22-10)15(21)19-16-18-12(9-23-16)8-14(20)17-11-4-2-3-5-11/h6-7,9,11H,2-5,8H2,1H3,(H,17,20)(H,18,19,21). The van der Waals surface area contributed by atoms with Crippen LogP contribution in [0.4, 0.5) is 5.13 Å². The molecule has 1 aliphatic rings. The van der Waals surface area contributed by atoms with Crippen LogP contribution in [0.25, 0.3) is 0 Å². The van der Waals surface area contributed by atoms with E-state index >= 15 is 0 Å². The molecule has 6 nitrogen and oxygen atoms in total. The Bertz CT molecular complexity index is 701. The second-order valence-corrected chi connectivity index (χ2v) is 6.57. The van der Waals surface area contributed by atoms with Crippen molar-refractivity contribution in [1.29, 1.82) is 0 Å². The van der Waals surface area contributed by atoms with Gasteiger partial charge in [0, 0.05) is 11.4 Å². The number of furan rings is 1. The molecule has 7 heteroatoms. The van der Waals surface area contributed by atoms with Crippen LogP contribution in [0.2, 0.25) is 0 Å². The Balaban J connectivity index is 1.54. The van der Waals surface area contributed by atoms with E-state index in [0.29, 0.717) is 28.2 Å². The predicted octanol–water partition coefficient (Wildman–Crippen LogP) is 2.90. The first-order valence-corrected chi connectivity index (χ1v) is 8.59. The Kier molecular flexibility index (Phi) is 4.76. The highest BCUT2D eigenvalue weighted by Gasteiger charge is 2.18. The topological polar surface area (TPSA) is 84.2 Å². The minimum Gasteiger partial charge on any atom is -0.469 e. The molecule has 0 radical (unpaired) electrons. The zero-order valence-electron chi connectivity index (χ0n) is 12.9. The van der Waals surface area contributed by atoms with E-state index in [-0.39, 0.29) is 18.2 Å². The number of rotatable bonds is 5. The van der Waals surface area contributed by atoms with Crippen LogP contribution in [0.1, 0.15) is 47.5 Å². The molecule has 0 aliphatic heterocycles. The average molecular weight is 333 g/mol. The zero-order chi connectivity index (χ0) is 16.2. The molecule has 1 aliphatic carbocycles. The molecule has 2 N–H and O–H groups in total. The van der Waals surface area contributed by atoms with Gasteiger partial charge in [-0.25, -0.2) is 4.98 Å². The van der Waals surface area contributed by atoms with E-state index in [1.807, 2.05) is 0 Å². The number of anilines is 1. The second-order valence-electron chi connectivity index (χ2n) is 5.71. The first-order chi connectivity index (χ1) is 11.1. The zero-order valence-corrected chi connectivity index (χ0v) is 13.7. The van der Waals surface area contributed by atoms with Crippen LogP contribution in [-0.4, -0.2) is 22.8 Å². The lowest BCUT2D eigenvalue weighted by Gasteiger charge is -2.10. The Morgan fingerprint density at radius 1 is 1.39 bits per heavy atom. The third kappa shape index (κ3) is 3.98. The SMILES string of the molecule is Cc1occc1C(=O)Nc1nc(CC(=O)NC2CCCC2)cs1. The summed E-state index contributed by atoms with van der Waals surface area (Å²) in [4.78, 5) is 28.4. The van der Waals surface area contributed by atoms with Gasteiger partial charge in [0.25, 0.3) is 5.91 Å². The third-order valence-electron chi connectivity index (χ3n) is 3.94. The number of amides is 2. The highest BCUT2D eigenvalue weighted by Crippen LogP contribution is 2.20. The van der Waals surface area contributed by atoms with Crippen molar-refractivity contribution in [2.24, 2.45) is 0 Å². The van der Waals surface area contributed by atoms with Crippen molar-refractivity contribution >= 4 is 28.3 Å². The molecule has 1 saturated carbocycles. The molecule has 1 fully saturated rings. The summed E-state index contributed by atoms with van der Waals surface area (Å²) >= 11 is 1.31. The highest BCUT2D eigenvalue weighted by atomic mass is 32.1. The first kappa shape index (κ1) is 15.7. The number of aryl methyl sites for hydroxylation is 1. The van der Waals surface area contributed by atoms with E-state index in [1.54, 1.807) is 18.4 Å². The van der Waals surface area contributed by atoms with Crippen LogP contribution in [0, 0.1) is 6.92 Å². The Labute approximate surface area is 138 Å². The van der Waals surface area contributed by atoms with E-state index in [1.165, 1.54) is 30.4 Å². The van der Waals surface area contributed by atoms with E-state index in [9.17, 15) is 9.59 Å². The Morgan fingerprint density at radius 2 is 2.17 bits per heavy atom. The van der Waals surface area contributed by atoms with Crippen LogP contribution in [0.15, 0.2) is 22.1 Å². The van der Waals surface area contributed by atoms with Crippen molar-refractivity contribution in [3.63, 3.8) is 0 Å². The van der Waals surface area contributed by atoms with E-state index < -0.39 is 0 Å². The van der Waals surface area contributed by atoms with Crippen molar-refractivity contribution in [3.8, 4) is 0 Å². The van der Waals surface area contributed by atoms with Crippen LogP contribution in [0.3, 0.4) is 0 Å². The summed E-state index contributed by atoms with van der Waals surface area (Å²) in [6.07, 6.45) is 6.22. The van der Waals surface area contributed by atoms with E-state index in [0.717, 1.165) is 12.8 Å². The molecular formula is C16H19N3O3S. The van der Waals surface area contributed by atoms with Crippen LogP contribution in [-0.2, 0) is 11.2 Å². The fraction of sp³-hybridized carbons (Fsp3) is 0.438. The summed E-state index contributed by atoms with van der Waals surface area (Å²) in [5.74, 6) is 0.300. The maximum Gasteiger partial charge on any atom is 0.260 e. The molecule has 2 aromatic heterocycles. The van der Waals surface area contributed by atoms with Crippen LogP contribution >= 0.6 is 11.3 Å². The van der Waals surface area contributed by atoms with E-state index in [2.05, 4.69) is 15.6 Å². The largest absolute Gasteiger partial charge is 0.469 e. The molecule has 2 aromatic rings. The summed E-state index contributed by atoms with van der Waals surface area (Å²) in [5.41, 5.74) is 1.16. The number of thiazole rings is 1. The Morgan fingerprint density at radius 3 is 2.87 bits per heavy atom. The lowest BCUT2D eigenvalue weighted by Crippen LogP contribution is -2.33. The quantitative estimate of drug-likeness (QED) is 0.881. The number of hydrogen-bond donors (Lipinski definition) is 2. The summed E-state index contributed by atoms with van der Waals surface area (Å²) in [6, 6.07) is 1.93. The number of nitrogens with one attached hydrogen (secondary N) is 2. The number of hydrogen-bond acceptors (Lipinski definition) is 5. The van der Waals surface area contributed by atoms with Crippen molar-refractivity contribution < 1.29 is 14.0 Å². The minimum atomic E-state index is -0.257. The van der Waals surface area contributed by atoms with Gasteiger partial charge in [-0.1, -0.05) is 12.8 Å². The van der Waals surface area contributed by atoms with Gasteiger partial charge in [0.2, 0.25) is 5.91 Å². The van der Waals surface area contributed by atoms with Crippen molar-refractivity contribution in [2.75, 3.05) is 5.32 Å². The number of nitrogens with zero attached hydrogens (tertiary/aromatic N) is 1. The highest BCUT2D eigenvalue weighted by molar-refractivity contribution is 7.14. The van der Waals surface area contributed by atoms with Gasteiger partial charge in [-0.2, -0.15) is 0 Å². The molecular weight excluding hydrogens is 314 g/mol. The van der Waals surface area contributed by atoms with Gasteiger partial charge in [-0.05, 0) is 25.8 Å². The number of carbonyl (C=O) groups excluding carboxylic acids is 2. The van der Waals surface area contributed by atoms with Crippen LogP contribution in [0.5, 0.6) is 0 Å². The molecule has 23 heavy (non-hydrogen) atoms. The summed E-state index contributed by atoms with van der Waals surface area (Å²) in [6.45, 7) is 1.73. The van der Waals surface area contributed by atoms with Gasteiger partial charge in [-0.15, -0.1) is 11.3 Å². The van der Waals surface area contributed by atoms with Gasteiger partial charge in [0.15, 0.2) is 5.13 Å². The van der Waals surface area contributed by atoms with Gasteiger partial charge < -0.3 is 9.73 Å². The number of aromatic nitrogens is 1. The first-order valence-electron chi connectivity index (χ1n) is 7.71. The van der Waals surface area contributed by atoms with Crippen molar-refractivity contribution in [3.05, 3.63) is 34.7 Å².